The molecule has 0 radical (unpaired) electrons. The van der Waals surface area contributed by atoms with E-state index in [2.05, 4.69) is 5.32 Å². The van der Waals surface area contributed by atoms with E-state index >= 15 is 0 Å². The van der Waals surface area contributed by atoms with Gasteiger partial charge >= 0.3 is 0 Å². The number of nitrogens with zero attached hydrogens (tertiary/aromatic N) is 1. The number of aryl methyl sites for hydroxylation is 2. The first-order chi connectivity index (χ1) is 9.01. The molecule has 0 fully saturated rings. The third-order valence-corrected chi connectivity index (χ3v) is 2.95. The van der Waals surface area contributed by atoms with Gasteiger partial charge in [-0.1, -0.05) is 6.07 Å². The number of benzene rings is 2. The molecule has 0 heterocycles. The summed E-state index contributed by atoms with van der Waals surface area (Å²) in [5, 5.41) is 11.3. The molecule has 0 unspecified atom stereocenters. The minimum atomic E-state index is -0.783. The normalized spacial score (nSPS) is 10.1. The van der Waals surface area contributed by atoms with E-state index in [1.165, 1.54) is 0 Å². The molecule has 0 aromatic heterocycles. The Balaban J connectivity index is 2.38. The highest BCUT2D eigenvalue weighted by atomic mass is 19.1. The quantitative estimate of drug-likeness (QED) is 0.876. The first-order valence-corrected chi connectivity index (χ1v) is 5.74. The van der Waals surface area contributed by atoms with Crippen LogP contribution in [0.2, 0.25) is 0 Å². The maximum absolute atomic E-state index is 13.7. The molecule has 0 amide bonds. The Kier molecular flexibility index (Phi) is 3.48. The van der Waals surface area contributed by atoms with Crippen LogP contribution in [0.15, 0.2) is 30.3 Å². The first-order valence-electron chi connectivity index (χ1n) is 5.74. The molecule has 1 N–H and O–H groups in total. The molecule has 0 spiro atoms. The van der Waals surface area contributed by atoms with Gasteiger partial charge in [0.05, 0.1) is 11.6 Å². The fourth-order valence-electron chi connectivity index (χ4n) is 1.72. The fraction of sp³-hybridized carbons (Fsp3) is 0.133. The lowest BCUT2D eigenvalue weighted by atomic mass is 10.1. The van der Waals surface area contributed by atoms with Gasteiger partial charge in [-0.25, -0.2) is 8.78 Å². The van der Waals surface area contributed by atoms with Crippen molar-refractivity contribution in [1.29, 1.82) is 5.26 Å². The van der Waals surface area contributed by atoms with Gasteiger partial charge in [0.15, 0.2) is 11.6 Å². The molecular weight excluding hydrogens is 246 g/mol. The van der Waals surface area contributed by atoms with Gasteiger partial charge in [0.1, 0.15) is 5.69 Å². The van der Waals surface area contributed by atoms with Crippen molar-refractivity contribution in [3.05, 3.63) is 58.7 Å². The van der Waals surface area contributed by atoms with Gasteiger partial charge in [0, 0.05) is 5.69 Å². The number of halogens is 2. The standard InChI is InChI=1S/C15H12F2N2/c1-9-3-4-12(5-10(9)2)19-15-13(16)6-11(8-18)7-14(15)17/h3-7,19H,1-2H3. The van der Waals surface area contributed by atoms with Crippen LogP contribution in [-0.2, 0) is 0 Å². The van der Waals surface area contributed by atoms with Crippen LogP contribution in [0.1, 0.15) is 16.7 Å². The van der Waals surface area contributed by atoms with E-state index in [0.717, 1.165) is 23.3 Å². The van der Waals surface area contributed by atoms with Crippen LogP contribution in [0.5, 0.6) is 0 Å². The molecule has 19 heavy (non-hydrogen) atoms. The van der Waals surface area contributed by atoms with Crippen LogP contribution in [0, 0.1) is 36.8 Å². The molecule has 0 aliphatic carbocycles. The molecule has 0 saturated carbocycles. The van der Waals surface area contributed by atoms with E-state index < -0.39 is 11.6 Å². The van der Waals surface area contributed by atoms with E-state index in [9.17, 15) is 8.78 Å². The van der Waals surface area contributed by atoms with Crippen molar-refractivity contribution in [3.8, 4) is 6.07 Å². The molecule has 0 bridgehead atoms. The first kappa shape index (κ1) is 13.0. The SMILES string of the molecule is Cc1ccc(Nc2c(F)cc(C#N)cc2F)cc1C. The zero-order valence-electron chi connectivity index (χ0n) is 10.6. The average molecular weight is 258 g/mol. The highest BCUT2D eigenvalue weighted by Gasteiger charge is 2.11. The third kappa shape index (κ3) is 2.71. The molecule has 0 aliphatic heterocycles. The number of nitriles is 1. The topological polar surface area (TPSA) is 35.8 Å². The number of rotatable bonds is 2. The Hall–Kier alpha value is -2.41. The summed E-state index contributed by atoms with van der Waals surface area (Å²) in [6.45, 7) is 3.88. The molecule has 96 valence electrons. The van der Waals surface area contributed by atoms with Crippen molar-refractivity contribution in [2.45, 2.75) is 13.8 Å². The largest absolute Gasteiger partial charge is 0.351 e. The Morgan fingerprint density at radius 3 is 2.16 bits per heavy atom. The Morgan fingerprint density at radius 1 is 1.00 bits per heavy atom. The maximum atomic E-state index is 13.7. The van der Waals surface area contributed by atoms with Crippen LogP contribution >= 0.6 is 0 Å². The van der Waals surface area contributed by atoms with Crippen molar-refractivity contribution in [1.82, 2.24) is 0 Å². The van der Waals surface area contributed by atoms with Gasteiger partial charge in [0.2, 0.25) is 0 Å². The second-order valence-corrected chi connectivity index (χ2v) is 4.35. The Morgan fingerprint density at radius 2 is 1.63 bits per heavy atom. The molecule has 0 atom stereocenters. The predicted octanol–water partition coefficient (Wildman–Crippen LogP) is 4.20. The monoisotopic (exact) mass is 258 g/mol. The summed E-state index contributed by atoms with van der Waals surface area (Å²) >= 11 is 0. The molecule has 2 aromatic carbocycles. The highest BCUT2D eigenvalue weighted by molar-refractivity contribution is 5.63. The molecule has 0 aliphatic rings. The second-order valence-electron chi connectivity index (χ2n) is 4.35. The van der Waals surface area contributed by atoms with E-state index in [1.807, 2.05) is 26.0 Å². The zero-order chi connectivity index (χ0) is 14.0. The second kappa shape index (κ2) is 5.07. The number of hydrogen-bond donors (Lipinski definition) is 1. The van der Waals surface area contributed by atoms with E-state index in [4.69, 9.17) is 5.26 Å². The number of hydrogen-bond acceptors (Lipinski definition) is 2. The van der Waals surface area contributed by atoms with E-state index in [1.54, 1.807) is 12.1 Å². The van der Waals surface area contributed by atoms with Crippen LogP contribution in [0.3, 0.4) is 0 Å². The van der Waals surface area contributed by atoms with Gasteiger partial charge in [-0.3, -0.25) is 0 Å². The molecular formula is C15H12F2N2. The van der Waals surface area contributed by atoms with E-state index in [-0.39, 0.29) is 11.3 Å². The molecule has 2 nitrogen and oxygen atoms in total. The summed E-state index contributed by atoms with van der Waals surface area (Å²) in [7, 11) is 0. The molecule has 2 rings (SSSR count). The smallest absolute Gasteiger partial charge is 0.150 e. The highest BCUT2D eigenvalue weighted by Crippen LogP contribution is 2.25. The van der Waals surface area contributed by atoms with Crippen LogP contribution < -0.4 is 5.32 Å². The molecule has 4 heteroatoms. The summed E-state index contributed by atoms with van der Waals surface area (Å²) < 4.78 is 27.4. The third-order valence-electron chi connectivity index (χ3n) is 2.95. The van der Waals surface area contributed by atoms with Crippen molar-refractivity contribution in [3.63, 3.8) is 0 Å². The van der Waals surface area contributed by atoms with Crippen molar-refractivity contribution in [2.75, 3.05) is 5.32 Å². The van der Waals surface area contributed by atoms with Crippen LogP contribution in [0.25, 0.3) is 0 Å². The van der Waals surface area contributed by atoms with Gasteiger partial charge in [0.25, 0.3) is 0 Å². The summed E-state index contributed by atoms with van der Waals surface area (Å²) in [5.74, 6) is -1.57. The van der Waals surface area contributed by atoms with E-state index in [0.29, 0.717) is 5.69 Å². The minimum absolute atomic E-state index is 0.0411. The van der Waals surface area contributed by atoms with Gasteiger partial charge in [-0.15, -0.1) is 0 Å². The lowest BCUT2D eigenvalue weighted by Crippen LogP contribution is -1.99. The van der Waals surface area contributed by atoms with Crippen molar-refractivity contribution in [2.24, 2.45) is 0 Å². The van der Waals surface area contributed by atoms with Crippen LogP contribution in [0.4, 0.5) is 20.2 Å². The van der Waals surface area contributed by atoms with Crippen molar-refractivity contribution >= 4 is 11.4 Å². The zero-order valence-corrected chi connectivity index (χ0v) is 10.6. The van der Waals surface area contributed by atoms with Gasteiger partial charge in [-0.2, -0.15) is 5.26 Å². The van der Waals surface area contributed by atoms with Gasteiger partial charge in [-0.05, 0) is 49.2 Å². The maximum Gasteiger partial charge on any atom is 0.150 e. The number of nitrogens with one attached hydrogen (secondary N) is 1. The Bertz CT molecular complexity index is 649. The molecule has 0 saturated heterocycles. The van der Waals surface area contributed by atoms with Gasteiger partial charge < -0.3 is 5.32 Å². The fourth-order valence-corrected chi connectivity index (χ4v) is 1.72. The summed E-state index contributed by atoms with van der Waals surface area (Å²) in [4.78, 5) is 0. The lowest BCUT2D eigenvalue weighted by Gasteiger charge is -2.10. The average Bonchev–Trinajstić information content (AvgIpc) is 2.37. The Labute approximate surface area is 110 Å². The predicted molar refractivity (Wildman–Crippen MR) is 70.3 cm³/mol. The van der Waals surface area contributed by atoms with Crippen molar-refractivity contribution < 1.29 is 8.78 Å². The summed E-state index contributed by atoms with van der Waals surface area (Å²) in [6, 6.07) is 9.15. The summed E-state index contributed by atoms with van der Waals surface area (Å²) in [5.41, 5.74) is 2.44. The minimum Gasteiger partial charge on any atom is -0.351 e. The lowest BCUT2D eigenvalue weighted by molar-refractivity contribution is 0.590. The molecule has 2 aromatic rings. The number of anilines is 2. The summed E-state index contributed by atoms with van der Waals surface area (Å²) in [6.07, 6.45) is 0. The van der Waals surface area contributed by atoms with Crippen LogP contribution in [-0.4, -0.2) is 0 Å².